The Bertz CT molecular complexity index is 401. The third kappa shape index (κ3) is 2.94. The summed E-state index contributed by atoms with van der Waals surface area (Å²) in [4.78, 5) is 0. The Hall–Kier alpha value is -1.26. The molecule has 0 bridgehead atoms. The third-order valence-corrected chi connectivity index (χ3v) is 3.56. The molecule has 0 saturated carbocycles. The van der Waals surface area contributed by atoms with Crippen molar-refractivity contribution >= 4 is 0 Å². The average molecular weight is 250 g/mol. The van der Waals surface area contributed by atoms with Crippen LogP contribution < -0.4 is 20.1 Å². The fourth-order valence-electron chi connectivity index (χ4n) is 2.30. The molecule has 1 fully saturated rings. The Morgan fingerprint density at radius 2 is 2.17 bits per heavy atom. The molecule has 4 nitrogen and oxygen atoms in total. The van der Waals surface area contributed by atoms with Gasteiger partial charge in [-0.3, -0.25) is 0 Å². The maximum Gasteiger partial charge on any atom is 0.123 e. The molecule has 1 saturated heterocycles. The zero-order valence-electron chi connectivity index (χ0n) is 11.4. The monoisotopic (exact) mass is 250 g/mol. The molecule has 1 aromatic carbocycles. The highest BCUT2D eigenvalue weighted by atomic mass is 16.5. The van der Waals surface area contributed by atoms with Crippen LogP contribution in [0.25, 0.3) is 0 Å². The van der Waals surface area contributed by atoms with Crippen molar-refractivity contribution in [1.29, 1.82) is 0 Å². The van der Waals surface area contributed by atoms with Gasteiger partial charge in [0.25, 0.3) is 0 Å². The molecular formula is C14H22N2O2. The molecule has 18 heavy (non-hydrogen) atoms. The van der Waals surface area contributed by atoms with E-state index < -0.39 is 0 Å². The van der Waals surface area contributed by atoms with Gasteiger partial charge in [0.1, 0.15) is 11.5 Å². The van der Waals surface area contributed by atoms with E-state index in [9.17, 15) is 0 Å². The van der Waals surface area contributed by atoms with Crippen molar-refractivity contribution in [2.24, 2.45) is 0 Å². The predicted molar refractivity (Wildman–Crippen MR) is 72.3 cm³/mol. The van der Waals surface area contributed by atoms with Gasteiger partial charge in [-0.05, 0) is 38.1 Å². The van der Waals surface area contributed by atoms with Crippen molar-refractivity contribution in [2.45, 2.75) is 25.4 Å². The Labute approximate surface area is 109 Å². The van der Waals surface area contributed by atoms with Gasteiger partial charge in [-0.15, -0.1) is 0 Å². The van der Waals surface area contributed by atoms with E-state index in [1.807, 2.05) is 18.2 Å². The second-order valence-electron chi connectivity index (χ2n) is 5.02. The summed E-state index contributed by atoms with van der Waals surface area (Å²) in [6.07, 6.45) is 1.15. The van der Waals surface area contributed by atoms with Crippen molar-refractivity contribution in [3.05, 3.63) is 23.8 Å². The molecule has 0 aliphatic carbocycles. The Morgan fingerprint density at radius 3 is 2.78 bits per heavy atom. The number of hydrogen-bond acceptors (Lipinski definition) is 4. The van der Waals surface area contributed by atoms with E-state index in [0.717, 1.165) is 43.1 Å². The lowest BCUT2D eigenvalue weighted by Crippen LogP contribution is -2.43. The highest BCUT2D eigenvalue weighted by molar-refractivity contribution is 5.40. The van der Waals surface area contributed by atoms with Crippen molar-refractivity contribution in [3.63, 3.8) is 0 Å². The van der Waals surface area contributed by atoms with Crippen molar-refractivity contribution in [1.82, 2.24) is 10.6 Å². The minimum absolute atomic E-state index is 0.175. The van der Waals surface area contributed by atoms with E-state index in [2.05, 4.69) is 17.6 Å². The number of rotatable bonds is 5. The van der Waals surface area contributed by atoms with Gasteiger partial charge in [-0.25, -0.2) is 0 Å². The normalized spacial score (nSPS) is 23.1. The van der Waals surface area contributed by atoms with Crippen LogP contribution in [0.3, 0.4) is 0 Å². The van der Waals surface area contributed by atoms with Gasteiger partial charge in [-0.1, -0.05) is 0 Å². The van der Waals surface area contributed by atoms with Crippen LogP contribution in [0.2, 0.25) is 0 Å². The third-order valence-electron chi connectivity index (χ3n) is 3.56. The maximum atomic E-state index is 5.38. The van der Waals surface area contributed by atoms with E-state index in [0.29, 0.717) is 0 Å². The SMILES string of the molecule is COc1ccc(OC)c(CNC2(C)CCNC2)c1. The molecule has 4 heteroatoms. The first-order valence-electron chi connectivity index (χ1n) is 6.33. The van der Waals surface area contributed by atoms with E-state index in [1.54, 1.807) is 14.2 Å². The molecule has 1 aliphatic heterocycles. The predicted octanol–water partition coefficient (Wildman–Crippen LogP) is 1.55. The molecule has 1 aliphatic rings. The fourth-order valence-corrected chi connectivity index (χ4v) is 2.30. The highest BCUT2D eigenvalue weighted by Gasteiger charge is 2.27. The topological polar surface area (TPSA) is 42.5 Å². The first kappa shape index (κ1) is 13.2. The molecule has 1 heterocycles. The van der Waals surface area contributed by atoms with Gasteiger partial charge in [0.15, 0.2) is 0 Å². The van der Waals surface area contributed by atoms with Crippen LogP contribution in [0.4, 0.5) is 0 Å². The number of nitrogens with one attached hydrogen (secondary N) is 2. The first-order chi connectivity index (χ1) is 8.67. The van der Waals surface area contributed by atoms with Crippen LogP contribution in [0, 0.1) is 0 Å². The van der Waals surface area contributed by atoms with Crippen molar-refractivity contribution in [2.75, 3.05) is 27.3 Å². The molecule has 1 aromatic rings. The molecule has 2 rings (SSSR count). The van der Waals surface area contributed by atoms with E-state index in [4.69, 9.17) is 9.47 Å². The molecule has 100 valence electrons. The highest BCUT2D eigenvalue weighted by Crippen LogP contribution is 2.25. The van der Waals surface area contributed by atoms with Crippen LogP contribution in [-0.4, -0.2) is 32.8 Å². The summed E-state index contributed by atoms with van der Waals surface area (Å²) in [5, 5.41) is 6.98. The summed E-state index contributed by atoms with van der Waals surface area (Å²) in [6.45, 7) is 5.14. The van der Waals surface area contributed by atoms with E-state index in [1.165, 1.54) is 0 Å². The Kier molecular flexibility index (Phi) is 4.09. The van der Waals surface area contributed by atoms with E-state index >= 15 is 0 Å². The average Bonchev–Trinajstić information content (AvgIpc) is 2.83. The smallest absolute Gasteiger partial charge is 0.123 e. The van der Waals surface area contributed by atoms with Gasteiger partial charge < -0.3 is 20.1 Å². The maximum absolute atomic E-state index is 5.38. The molecule has 0 spiro atoms. The van der Waals surface area contributed by atoms with Gasteiger partial charge in [0.2, 0.25) is 0 Å². The summed E-state index contributed by atoms with van der Waals surface area (Å²) in [5.41, 5.74) is 1.30. The molecule has 2 N–H and O–H groups in total. The number of ether oxygens (including phenoxy) is 2. The second kappa shape index (κ2) is 5.59. The van der Waals surface area contributed by atoms with Gasteiger partial charge in [0, 0.05) is 24.2 Å². The number of benzene rings is 1. The van der Waals surface area contributed by atoms with Crippen molar-refractivity contribution < 1.29 is 9.47 Å². The van der Waals surface area contributed by atoms with Gasteiger partial charge >= 0.3 is 0 Å². The lowest BCUT2D eigenvalue weighted by atomic mass is 10.0. The molecule has 0 aromatic heterocycles. The quantitative estimate of drug-likeness (QED) is 0.832. The summed E-state index contributed by atoms with van der Waals surface area (Å²) < 4.78 is 10.6. The standard InChI is InChI=1S/C14H22N2O2/c1-14(6-7-15-10-14)16-9-11-8-12(17-2)4-5-13(11)18-3/h4-5,8,15-16H,6-7,9-10H2,1-3H3. The zero-order valence-corrected chi connectivity index (χ0v) is 11.4. The summed E-state index contributed by atoms with van der Waals surface area (Å²) >= 11 is 0. The number of methoxy groups -OCH3 is 2. The summed E-state index contributed by atoms with van der Waals surface area (Å²) in [7, 11) is 3.38. The second-order valence-corrected chi connectivity index (χ2v) is 5.02. The minimum Gasteiger partial charge on any atom is -0.497 e. The Balaban J connectivity index is 2.07. The van der Waals surface area contributed by atoms with E-state index in [-0.39, 0.29) is 5.54 Å². The zero-order chi connectivity index (χ0) is 13.0. The van der Waals surface area contributed by atoms with Gasteiger partial charge in [-0.2, -0.15) is 0 Å². The molecule has 1 unspecified atom stereocenters. The fraction of sp³-hybridized carbons (Fsp3) is 0.571. The summed E-state index contributed by atoms with van der Waals surface area (Å²) in [6, 6.07) is 5.89. The van der Waals surface area contributed by atoms with Crippen molar-refractivity contribution in [3.8, 4) is 11.5 Å². The minimum atomic E-state index is 0.175. The molecule has 1 atom stereocenters. The van der Waals surface area contributed by atoms with Crippen LogP contribution >= 0.6 is 0 Å². The largest absolute Gasteiger partial charge is 0.497 e. The van der Waals surface area contributed by atoms with Crippen LogP contribution in [-0.2, 0) is 6.54 Å². The first-order valence-corrected chi connectivity index (χ1v) is 6.33. The molecule has 0 amide bonds. The lowest BCUT2D eigenvalue weighted by molar-refractivity contribution is 0.369. The Morgan fingerprint density at radius 1 is 1.33 bits per heavy atom. The molecule has 0 radical (unpaired) electrons. The van der Waals surface area contributed by atoms with Crippen LogP contribution in [0.1, 0.15) is 18.9 Å². The lowest BCUT2D eigenvalue weighted by Gasteiger charge is -2.25. The van der Waals surface area contributed by atoms with Gasteiger partial charge in [0.05, 0.1) is 14.2 Å². The number of hydrogen-bond donors (Lipinski definition) is 2. The molecular weight excluding hydrogens is 228 g/mol. The van der Waals surface area contributed by atoms with Crippen LogP contribution in [0.5, 0.6) is 11.5 Å². The summed E-state index contributed by atoms with van der Waals surface area (Å²) in [5.74, 6) is 1.76. The van der Waals surface area contributed by atoms with Crippen LogP contribution in [0.15, 0.2) is 18.2 Å².